The molecular weight excluding hydrogens is 366 g/mol. The zero-order valence-electron chi connectivity index (χ0n) is 13.3. The van der Waals surface area contributed by atoms with Crippen molar-refractivity contribution in [3.8, 4) is 0 Å². The molecule has 2 amide bonds. The molecule has 8 heteroatoms. The van der Waals surface area contributed by atoms with Gasteiger partial charge in [-0.15, -0.1) is 11.3 Å². The second-order valence-corrected chi connectivity index (χ2v) is 8.28. The van der Waals surface area contributed by atoms with Crippen LogP contribution in [0.1, 0.15) is 23.1 Å². The predicted octanol–water partition coefficient (Wildman–Crippen LogP) is 2.93. The molecule has 0 spiro atoms. The Morgan fingerprint density at radius 3 is 2.79 bits per heavy atom. The third-order valence-corrected chi connectivity index (χ3v) is 5.99. The van der Waals surface area contributed by atoms with Crippen LogP contribution in [0, 0.1) is 6.92 Å². The Labute approximate surface area is 154 Å². The smallest absolute Gasteiger partial charge is 0.233 e. The number of rotatable bonds is 7. The van der Waals surface area contributed by atoms with E-state index in [2.05, 4.69) is 10.3 Å². The first-order valence-electron chi connectivity index (χ1n) is 7.29. The van der Waals surface area contributed by atoms with Crippen molar-refractivity contribution >= 4 is 46.5 Å². The summed E-state index contributed by atoms with van der Waals surface area (Å²) in [6.07, 6.45) is 0.178. The van der Waals surface area contributed by atoms with Gasteiger partial charge in [-0.2, -0.15) is 0 Å². The van der Waals surface area contributed by atoms with Crippen LogP contribution in [0.25, 0.3) is 0 Å². The number of hydrogen-bond acceptors (Lipinski definition) is 5. The molecule has 1 atom stereocenters. The lowest BCUT2D eigenvalue weighted by atomic mass is 10.2. The van der Waals surface area contributed by atoms with Crippen LogP contribution in [0.15, 0.2) is 28.6 Å². The van der Waals surface area contributed by atoms with Gasteiger partial charge < -0.3 is 11.1 Å². The van der Waals surface area contributed by atoms with E-state index in [1.54, 1.807) is 6.07 Å². The number of primary amides is 1. The van der Waals surface area contributed by atoms with E-state index in [0.29, 0.717) is 11.6 Å². The third-order valence-electron chi connectivity index (χ3n) is 3.27. The van der Waals surface area contributed by atoms with Gasteiger partial charge in [-0.05, 0) is 25.5 Å². The topological polar surface area (TPSA) is 85.1 Å². The Morgan fingerprint density at radius 1 is 1.42 bits per heavy atom. The highest BCUT2D eigenvalue weighted by Gasteiger charge is 2.18. The first-order valence-corrected chi connectivity index (χ1v) is 9.36. The van der Waals surface area contributed by atoms with Gasteiger partial charge in [-0.1, -0.05) is 41.6 Å². The molecule has 0 aliphatic heterocycles. The summed E-state index contributed by atoms with van der Waals surface area (Å²) in [5.74, 6) is -0.479. The number of carbonyl (C=O) groups is 2. The highest BCUT2D eigenvalue weighted by molar-refractivity contribution is 8.02. The molecule has 0 bridgehead atoms. The van der Waals surface area contributed by atoms with Gasteiger partial charge in [0.2, 0.25) is 11.8 Å². The fraction of sp³-hybridized carbons (Fsp3) is 0.312. The molecule has 0 aliphatic carbocycles. The minimum absolute atomic E-state index is 0.0933. The van der Waals surface area contributed by atoms with E-state index in [0.717, 1.165) is 20.5 Å². The summed E-state index contributed by atoms with van der Waals surface area (Å²) >= 11 is 8.84. The molecule has 5 nitrogen and oxygen atoms in total. The lowest BCUT2D eigenvalue weighted by Crippen LogP contribution is -2.30. The van der Waals surface area contributed by atoms with Gasteiger partial charge in [-0.25, -0.2) is 4.98 Å². The number of thioether (sulfide) groups is 1. The van der Waals surface area contributed by atoms with E-state index in [-0.39, 0.29) is 23.5 Å². The fourth-order valence-electron chi connectivity index (χ4n) is 1.95. The van der Waals surface area contributed by atoms with Crippen LogP contribution >= 0.6 is 34.7 Å². The van der Waals surface area contributed by atoms with Crippen molar-refractivity contribution in [1.82, 2.24) is 10.3 Å². The van der Waals surface area contributed by atoms with Crippen LogP contribution in [0.5, 0.6) is 0 Å². The molecular formula is C16H18ClN3O2S2. The molecule has 2 aromatic rings. The van der Waals surface area contributed by atoms with Crippen molar-refractivity contribution < 1.29 is 9.59 Å². The molecule has 0 aliphatic rings. The third kappa shape index (κ3) is 5.22. The number of benzene rings is 1. The average Bonchev–Trinajstić information content (AvgIpc) is 2.84. The SMILES string of the molecule is Cc1nc(SC(C)C(=O)NCc2ccccc2Cl)sc1CC(N)=O. The fourth-order valence-corrected chi connectivity index (χ4v) is 4.56. The molecule has 1 aromatic carbocycles. The second-order valence-electron chi connectivity index (χ2n) is 5.20. The molecule has 2 rings (SSSR count). The number of aromatic nitrogens is 1. The van der Waals surface area contributed by atoms with Gasteiger partial charge in [0.15, 0.2) is 4.34 Å². The van der Waals surface area contributed by atoms with Crippen molar-refractivity contribution in [3.05, 3.63) is 45.4 Å². The van der Waals surface area contributed by atoms with Crippen molar-refractivity contribution in [1.29, 1.82) is 0 Å². The zero-order valence-corrected chi connectivity index (χ0v) is 15.7. The van der Waals surface area contributed by atoms with Gasteiger partial charge >= 0.3 is 0 Å². The molecule has 3 N–H and O–H groups in total. The number of nitrogens with one attached hydrogen (secondary N) is 1. The Morgan fingerprint density at radius 2 is 2.12 bits per heavy atom. The molecule has 0 radical (unpaired) electrons. The number of nitrogens with zero attached hydrogens (tertiary/aromatic N) is 1. The summed E-state index contributed by atoms with van der Waals surface area (Å²) in [5.41, 5.74) is 6.87. The maximum Gasteiger partial charge on any atom is 0.233 e. The normalized spacial score (nSPS) is 12.0. The molecule has 128 valence electrons. The van der Waals surface area contributed by atoms with E-state index < -0.39 is 0 Å². The largest absolute Gasteiger partial charge is 0.369 e. The van der Waals surface area contributed by atoms with Crippen LogP contribution in [0.2, 0.25) is 5.02 Å². The minimum atomic E-state index is -0.385. The summed E-state index contributed by atoms with van der Waals surface area (Å²) in [5, 5.41) is 3.20. The van der Waals surface area contributed by atoms with Gasteiger partial charge in [0.05, 0.1) is 17.4 Å². The van der Waals surface area contributed by atoms with Crippen LogP contribution in [0.4, 0.5) is 0 Å². The second kappa shape index (κ2) is 8.50. The molecule has 1 aromatic heterocycles. The minimum Gasteiger partial charge on any atom is -0.369 e. The zero-order chi connectivity index (χ0) is 17.7. The van der Waals surface area contributed by atoms with E-state index in [1.165, 1.54) is 23.1 Å². The van der Waals surface area contributed by atoms with Gasteiger partial charge in [0.25, 0.3) is 0 Å². The van der Waals surface area contributed by atoms with E-state index in [9.17, 15) is 9.59 Å². The summed E-state index contributed by atoms with van der Waals surface area (Å²) in [6, 6.07) is 7.39. The number of hydrogen-bond donors (Lipinski definition) is 2. The average molecular weight is 384 g/mol. The van der Waals surface area contributed by atoms with Crippen LogP contribution in [-0.4, -0.2) is 22.0 Å². The number of amides is 2. The Kier molecular flexibility index (Phi) is 6.65. The van der Waals surface area contributed by atoms with Crippen LogP contribution in [-0.2, 0) is 22.6 Å². The van der Waals surface area contributed by atoms with E-state index >= 15 is 0 Å². The monoisotopic (exact) mass is 383 g/mol. The predicted molar refractivity (Wildman–Crippen MR) is 98.4 cm³/mol. The summed E-state index contributed by atoms with van der Waals surface area (Å²) in [6.45, 7) is 4.03. The molecule has 1 heterocycles. The van der Waals surface area contributed by atoms with Gasteiger partial charge in [0, 0.05) is 16.4 Å². The van der Waals surface area contributed by atoms with Crippen molar-refractivity contribution in [2.45, 2.75) is 36.4 Å². The Balaban J connectivity index is 1.92. The van der Waals surface area contributed by atoms with E-state index in [1.807, 2.05) is 32.0 Å². The maximum atomic E-state index is 12.2. The quantitative estimate of drug-likeness (QED) is 0.720. The summed E-state index contributed by atoms with van der Waals surface area (Å²) < 4.78 is 0.754. The van der Waals surface area contributed by atoms with E-state index in [4.69, 9.17) is 17.3 Å². The van der Waals surface area contributed by atoms with Crippen molar-refractivity contribution in [3.63, 3.8) is 0 Å². The highest BCUT2D eigenvalue weighted by Crippen LogP contribution is 2.30. The lowest BCUT2D eigenvalue weighted by molar-refractivity contribution is -0.120. The Bertz CT molecular complexity index is 749. The number of carbonyl (C=O) groups excluding carboxylic acids is 2. The molecule has 0 saturated heterocycles. The van der Waals surface area contributed by atoms with Crippen molar-refractivity contribution in [2.75, 3.05) is 0 Å². The molecule has 0 fully saturated rings. The Hall–Kier alpha value is -1.57. The van der Waals surface area contributed by atoms with Crippen LogP contribution in [0.3, 0.4) is 0 Å². The number of halogens is 1. The first-order chi connectivity index (χ1) is 11.4. The molecule has 24 heavy (non-hydrogen) atoms. The maximum absolute atomic E-state index is 12.2. The number of nitrogens with two attached hydrogens (primary N) is 1. The van der Waals surface area contributed by atoms with Gasteiger partial charge in [-0.3, -0.25) is 9.59 Å². The first kappa shape index (κ1) is 18.8. The van der Waals surface area contributed by atoms with Crippen molar-refractivity contribution in [2.24, 2.45) is 5.73 Å². The summed E-state index contributed by atoms with van der Waals surface area (Å²) in [4.78, 5) is 28.5. The molecule has 1 unspecified atom stereocenters. The highest BCUT2D eigenvalue weighted by atomic mass is 35.5. The molecule has 0 saturated carbocycles. The number of thiazole rings is 1. The van der Waals surface area contributed by atoms with Crippen LogP contribution < -0.4 is 11.1 Å². The standard InChI is InChI=1S/C16H18ClN3O2S2/c1-9-13(7-14(18)21)24-16(20-9)23-10(2)15(22)19-8-11-5-3-4-6-12(11)17/h3-6,10H,7-8H2,1-2H3,(H2,18,21)(H,19,22). The summed E-state index contributed by atoms with van der Waals surface area (Å²) in [7, 11) is 0. The lowest BCUT2D eigenvalue weighted by Gasteiger charge is -2.11. The van der Waals surface area contributed by atoms with Gasteiger partial charge in [0.1, 0.15) is 0 Å². The number of aryl methyl sites for hydroxylation is 1.